The maximum absolute atomic E-state index is 10.9. The van der Waals surface area contributed by atoms with E-state index in [0.717, 1.165) is 45.4 Å². The standard InChI is InChI=1S/C12H21NO3/c1-12(4-6-16-7-5-12)8-13-10-3-2-9(10)11(14)15/h9-10,13H,2-8H2,1H3,(H,14,15). The van der Waals surface area contributed by atoms with Crippen LogP contribution >= 0.6 is 0 Å². The normalized spacial score (nSPS) is 33.1. The van der Waals surface area contributed by atoms with Gasteiger partial charge in [-0.2, -0.15) is 0 Å². The highest BCUT2D eigenvalue weighted by Crippen LogP contribution is 2.32. The van der Waals surface area contributed by atoms with Gasteiger partial charge in [-0.25, -0.2) is 0 Å². The van der Waals surface area contributed by atoms with E-state index in [2.05, 4.69) is 12.2 Å². The second-order valence-corrected chi connectivity index (χ2v) is 5.43. The molecule has 1 heterocycles. The van der Waals surface area contributed by atoms with Crippen molar-refractivity contribution in [1.29, 1.82) is 0 Å². The van der Waals surface area contributed by atoms with Crippen LogP contribution in [0.4, 0.5) is 0 Å². The van der Waals surface area contributed by atoms with Gasteiger partial charge in [-0.15, -0.1) is 0 Å². The maximum Gasteiger partial charge on any atom is 0.308 e. The number of hydrogen-bond donors (Lipinski definition) is 2. The molecule has 2 atom stereocenters. The highest BCUT2D eigenvalue weighted by molar-refractivity contribution is 5.72. The molecule has 1 aliphatic heterocycles. The lowest BCUT2D eigenvalue weighted by molar-refractivity contribution is -0.146. The number of carboxylic acid groups (broad SMARTS) is 1. The molecule has 0 spiro atoms. The van der Waals surface area contributed by atoms with Crippen LogP contribution < -0.4 is 5.32 Å². The van der Waals surface area contributed by atoms with Gasteiger partial charge in [-0.05, 0) is 31.1 Å². The summed E-state index contributed by atoms with van der Waals surface area (Å²) in [6.45, 7) is 4.86. The zero-order chi connectivity index (χ0) is 11.6. The Morgan fingerprint density at radius 3 is 2.62 bits per heavy atom. The van der Waals surface area contributed by atoms with Crippen LogP contribution in [0.25, 0.3) is 0 Å². The van der Waals surface area contributed by atoms with Crippen molar-refractivity contribution >= 4 is 5.97 Å². The first-order valence-corrected chi connectivity index (χ1v) is 6.15. The Kier molecular flexibility index (Phi) is 3.50. The van der Waals surface area contributed by atoms with Crippen molar-refractivity contribution in [3.05, 3.63) is 0 Å². The summed E-state index contributed by atoms with van der Waals surface area (Å²) in [6, 6.07) is 0.192. The topological polar surface area (TPSA) is 58.6 Å². The Morgan fingerprint density at radius 1 is 1.44 bits per heavy atom. The van der Waals surface area contributed by atoms with Crippen LogP contribution in [0.3, 0.4) is 0 Å². The van der Waals surface area contributed by atoms with Crippen LogP contribution in [0.15, 0.2) is 0 Å². The van der Waals surface area contributed by atoms with E-state index in [1.165, 1.54) is 0 Å². The minimum Gasteiger partial charge on any atom is -0.481 e. The first kappa shape index (κ1) is 11.9. The molecule has 1 saturated carbocycles. The van der Waals surface area contributed by atoms with E-state index in [1.807, 2.05) is 0 Å². The molecule has 1 saturated heterocycles. The second kappa shape index (κ2) is 4.72. The quantitative estimate of drug-likeness (QED) is 0.759. The average molecular weight is 227 g/mol. The predicted octanol–water partition coefficient (Wildman–Crippen LogP) is 1.26. The highest BCUT2D eigenvalue weighted by Gasteiger charge is 2.37. The molecule has 0 amide bonds. The lowest BCUT2D eigenvalue weighted by atomic mass is 9.77. The molecule has 0 bridgehead atoms. The largest absolute Gasteiger partial charge is 0.481 e. The highest BCUT2D eigenvalue weighted by atomic mass is 16.5. The lowest BCUT2D eigenvalue weighted by Gasteiger charge is -2.39. The number of rotatable bonds is 4. The van der Waals surface area contributed by atoms with Gasteiger partial charge in [0.1, 0.15) is 0 Å². The summed E-state index contributed by atoms with van der Waals surface area (Å²) in [6.07, 6.45) is 3.98. The molecule has 2 rings (SSSR count). The van der Waals surface area contributed by atoms with Crippen LogP contribution in [-0.4, -0.2) is 36.9 Å². The number of nitrogens with one attached hydrogen (secondary N) is 1. The van der Waals surface area contributed by atoms with E-state index in [1.54, 1.807) is 0 Å². The Labute approximate surface area is 96.4 Å². The molecule has 0 aromatic carbocycles. The van der Waals surface area contributed by atoms with E-state index in [-0.39, 0.29) is 17.4 Å². The molecule has 92 valence electrons. The van der Waals surface area contributed by atoms with Crippen molar-refractivity contribution in [3.63, 3.8) is 0 Å². The SMILES string of the molecule is CC1(CNC2CCC2C(=O)O)CCOCC1. The summed E-state index contributed by atoms with van der Waals surface area (Å²) in [5.74, 6) is -0.815. The smallest absolute Gasteiger partial charge is 0.308 e. The van der Waals surface area contributed by atoms with E-state index in [0.29, 0.717) is 0 Å². The summed E-state index contributed by atoms with van der Waals surface area (Å²) in [5, 5.41) is 12.4. The molecule has 4 heteroatoms. The molecule has 0 radical (unpaired) electrons. The summed E-state index contributed by atoms with van der Waals surface area (Å²) < 4.78 is 5.35. The van der Waals surface area contributed by atoms with Crippen molar-refractivity contribution in [3.8, 4) is 0 Å². The third-order valence-corrected chi connectivity index (χ3v) is 4.08. The second-order valence-electron chi connectivity index (χ2n) is 5.43. The summed E-state index contributed by atoms with van der Waals surface area (Å²) in [4.78, 5) is 10.9. The Balaban J connectivity index is 1.76. The van der Waals surface area contributed by atoms with Crippen molar-refractivity contribution in [2.45, 2.75) is 38.6 Å². The number of aliphatic carboxylic acids is 1. The third-order valence-electron chi connectivity index (χ3n) is 4.08. The van der Waals surface area contributed by atoms with Gasteiger partial charge >= 0.3 is 5.97 Å². The van der Waals surface area contributed by atoms with Crippen LogP contribution in [0.1, 0.15) is 32.6 Å². The maximum atomic E-state index is 10.9. The fraction of sp³-hybridized carbons (Fsp3) is 0.917. The first-order valence-electron chi connectivity index (χ1n) is 6.15. The number of carboxylic acids is 1. The van der Waals surface area contributed by atoms with Gasteiger partial charge < -0.3 is 15.2 Å². The van der Waals surface area contributed by atoms with Crippen LogP contribution in [0, 0.1) is 11.3 Å². The predicted molar refractivity (Wildman–Crippen MR) is 60.3 cm³/mol. The first-order chi connectivity index (χ1) is 7.61. The monoisotopic (exact) mass is 227 g/mol. The molecule has 2 N–H and O–H groups in total. The van der Waals surface area contributed by atoms with E-state index in [4.69, 9.17) is 9.84 Å². The van der Waals surface area contributed by atoms with Crippen molar-refractivity contribution in [2.75, 3.05) is 19.8 Å². The Morgan fingerprint density at radius 2 is 2.12 bits per heavy atom. The lowest BCUT2D eigenvalue weighted by Crippen LogP contribution is -2.51. The van der Waals surface area contributed by atoms with Gasteiger partial charge in [0.25, 0.3) is 0 Å². The van der Waals surface area contributed by atoms with Gasteiger partial charge in [0.15, 0.2) is 0 Å². The van der Waals surface area contributed by atoms with Crippen molar-refractivity contribution in [1.82, 2.24) is 5.32 Å². The Bertz CT molecular complexity index is 261. The van der Waals surface area contributed by atoms with E-state index < -0.39 is 5.97 Å². The van der Waals surface area contributed by atoms with Crippen LogP contribution in [-0.2, 0) is 9.53 Å². The molecular formula is C12H21NO3. The number of hydrogen-bond acceptors (Lipinski definition) is 3. The fourth-order valence-corrected chi connectivity index (χ4v) is 2.46. The van der Waals surface area contributed by atoms with Gasteiger partial charge in [-0.3, -0.25) is 4.79 Å². The van der Waals surface area contributed by atoms with Gasteiger partial charge in [0.05, 0.1) is 5.92 Å². The summed E-state index contributed by atoms with van der Waals surface area (Å²) in [5.41, 5.74) is 0.289. The zero-order valence-electron chi connectivity index (χ0n) is 9.87. The molecule has 1 aliphatic carbocycles. The van der Waals surface area contributed by atoms with E-state index in [9.17, 15) is 4.79 Å². The third kappa shape index (κ3) is 2.55. The molecule has 2 unspecified atom stereocenters. The van der Waals surface area contributed by atoms with Crippen LogP contribution in [0.5, 0.6) is 0 Å². The van der Waals surface area contributed by atoms with Crippen molar-refractivity contribution < 1.29 is 14.6 Å². The van der Waals surface area contributed by atoms with Gasteiger partial charge in [-0.1, -0.05) is 6.92 Å². The average Bonchev–Trinajstić information content (AvgIpc) is 2.16. The molecular weight excluding hydrogens is 206 g/mol. The molecule has 0 aromatic heterocycles. The van der Waals surface area contributed by atoms with Crippen molar-refractivity contribution in [2.24, 2.45) is 11.3 Å². The summed E-state index contributed by atoms with van der Waals surface area (Å²) >= 11 is 0. The minimum atomic E-state index is -0.652. The number of ether oxygens (including phenoxy) is 1. The number of carbonyl (C=O) groups is 1. The van der Waals surface area contributed by atoms with E-state index >= 15 is 0 Å². The molecule has 2 aliphatic rings. The molecule has 4 nitrogen and oxygen atoms in total. The van der Waals surface area contributed by atoms with Crippen LogP contribution in [0.2, 0.25) is 0 Å². The zero-order valence-corrected chi connectivity index (χ0v) is 9.87. The molecule has 0 aromatic rings. The van der Waals surface area contributed by atoms with Gasteiger partial charge in [0.2, 0.25) is 0 Å². The fourth-order valence-electron chi connectivity index (χ4n) is 2.46. The molecule has 16 heavy (non-hydrogen) atoms. The Hall–Kier alpha value is -0.610. The minimum absolute atomic E-state index is 0.163. The summed E-state index contributed by atoms with van der Waals surface area (Å²) in [7, 11) is 0. The molecule has 2 fully saturated rings. The van der Waals surface area contributed by atoms with Gasteiger partial charge in [0, 0.05) is 25.8 Å².